The van der Waals surface area contributed by atoms with Gasteiger partial charge in [0.15, 0.2) is 5.78 Å². The molecule has 0 heterocycles. The van der Waals surface area contributed by atoms with Crippen LogP contribution in [0.25, 0.3) is 0 Å². The Labute approximate surface area is 104 Å². The van der Waals surface area contributed by atoms with Crippen LogP contribution in [0.3, 0.4) is 0 Å². The Morgan fingerprint density at radius 2 is 2.00 bits per heavy atom. The maximum Gasteiger partial charge on any atom is 0.179 e. The number of ketones is 1. The van der Waals surface area contributed by atoms with Crippen LogP contribution in [0.15, 0.2) is 18.2 Å². The maximum absolute atomic E-state index is 12.0. The monoisotopic (exact) mass is 241 g/mol. The van der Waals surface area contributed by atoms with Crippen LogP contribution in [-0.4, -0.2) is 18.4 Å². The number of Topliss-reactive ketones (excluding diaryl/α,β-unsaturated/α-hetero) is 1. The minimum atomic E-state index is -0.101. The molecule has 0 spiro atoms. The molecule has 0 fully saturated rings. The summed E-state index contributed by atoms with van der Waals surface area (Å²) in [5.41, 5.74) is 3.10. The van der Waals surface area contributed by atoms with Gasteiger partial charge in [0.05, 0.1) is 6.04 Å². The van der Waals surface area contributed by atoms with Crippen molar-refractivity contribution in [2.24, 2.45) is 0 Å². The number of aryl methyl sites for hydroxylation is 1. The molecule has 2 nitrogen and oxygen atoms in total. The van der Waals surface area contributed by atoms with Crippen molar-refractivity contribution >= 4 is 18.2 Å². The number of hydrogen-bond acceptors (Lipinski definition) is 2. The van der Waals surface area contributed by atoms with E-state index in [4.69, 9.17) is 0 Å². The number of benzene rings is 1. The van der Waals surface area contributed by atoms with Crippen molar-refractivity contribution in [3.8, 4) is 0 Å². The molecule has 0 amide bonds. The summed E-state index contributed by atoms with van der Waals surface area (Å²) < 4.78 is 0. The normalized spacial score (nSPS) is 11.8. The van der Waals surface area contributed by atoms with E-state index >= 15 is 0 Å². The van der Waals surface area contributed by atoms with E-state index in [0.29, 0.717) is 0 Å². The summed E-state index contributed by atoms with van der Waals surface area (Å²) in [4.78, 5) is 12.0. The molecular weight excluding hydrogens is 222 g/mol. The van der Waals surface area contributed by atoms with E-state index < -0.39 is 0 Å². The van der Waals surface area contributed by atoms with Crippen molar-refractivity contribution in [2.75, 3.05) is 6.54 Å². The van der Waals surface area contributed by atoms with E-state index in [2.05, 4.69) is 5.32 Å². The number of halogens is 1. The summed E-state index contributed by atoms with van der Waals surface area (Å²) in [7, 11) is 0. The lowest BCUT2D eigenvalue weighted by Crippen LogP contribution is -2.34. The molecule has 1 N–H and O–H groups in total. The summed E-state index contributed by atoms with van der Waals surface area (Å²) in [6, 6.07) is 5.77. The van der Waals surface area contributed by atoms with Crippen molar-refractivity contribution in [2.45, 2.75) is 33.7 Å². The minimum absolute atomic E-state index is 0. The molecular formula is C13H20ClNO. The van der Waals surface area contributed by atoms with E-state index in [0.717, 1.165) is 17.7 Å². The largest absolute Gasteiger partial charge is 0.308 e. The third-order valence-corrected chi connectivity index (χ3v) is 2.77. The van der Waals surface area contributed by atoms with Gasteiger partial charge >= 0.3 is 0 Å². The van der Waals surface area contributed by atoms with Gasteiger partial charge in [0.2, 0.25) is 0 Å². The molecule has 0 aliphatic carbocycles. The molecule has 90 valence electrons. The zero-order chi connectivity index (χ0) is 11.4. The molecule has 1 aromatic rings. The smallest absolute Gasteiger partial charge is 0.179 e. The Morgan fingerprint density at radius 3 is 2.56 bits per heavy atom. The first-order chi connectivity index (χ1) is 7.07. The van der Waals surface area contributed by atoms with Gasteiger partial charge < -0.3 is 5.32 Å². The Hall–Kier alpha value is -0.860. The van der Waals surface area contributed by atoms with Crippen molar-refractivity contribution in [3.63, 3.8) is 0 Å². The Bertz CT molecular complexity index is 363. The molecule has 0 aliphatic heterocycles. The summed E-state index contributed by atoms with van der Waals surface area (Å²) in [6.07, 6.45) is 0. The highest BCUT2D eigenvalue weighted by atomic mass is 35.5. The van der Waals surface area contributed by atoms with Gasteiger partial charge in [0, 0.05) is 5.56 Å². The molecule has 0 bridgehead atoms. The number of hydrogen-bond donors (Lipinski definition) is 1. The Balaban J connectivity index is 0.00000225. The quantitative estimate of drug-likeness (QED) is 0.822. The number of rotatable bonds is 4. The molecule has 1 aromatic carbocycles. The van der Waals surface area contributed by atoms with Crippen molar-refractivity contribution < 1.29 is 4.79 Å². The first kappa shape index (κ1) is 15.1. The van der Waals surface area contributed by atoms with Gasteiger partial charge in [-0.05, 0) is 38.4 Å². The lowest BCUT2D eigenvalue weighted by atomic mass is 9.97. The molecule has 0 saturated heterocycles. The zero-order valence-corrected chi connectivity index (χ0v) is 11.1. The molecule has 0 radical (unpaired) electrons. The summed E-state index contributed by atoms with van der Waals surface area (Å²) >= 11 is 0. The highest BCUT2D eigenvalue weighted by Gasteiger charge is 2.16. The van der Waals surface area contributed by atoms with Crippen molar-refractivity contribution in [1.29, 1.82) is 0 Å². The number of likely N-dealkylation sites (N-methyl/N-ethyl adjacent to an activating group) is 1. The minimum Gasteiger partial charge on any atom is -0.308 e. The second kappa shape index (κ2) is 6.66. The molecule has 1 unspecified atom stereocenters. The van der Waals surface area contributed by atoms with Crippen LogP contribution in [0.5, 0.6) is 0 Å². The highest BCUT2D eigenvalue weighted by Crippen LogP contribution is 2.14. The maximum atomic E-state index is 12.0. The van der Waals surface area contributed by atoms with Crippen LogP contribution in [0.2, 0.25) is 0 Å². The lowest BCUT2D eigenvalue weighted by Gasteiger charge is -2.13. The second-order valence-corrected chi connectivity index (χ2v) is 3.89. The summed E-state index contributed by atoms with van der Waals surface area (Å²) in [5, 5.41) is 3.14. The van der Waals surface area contributed by atoms with Gasteiger partial charge in [-0.15, -0.1) is 12.4 Å². The number of carbonyl (C=O) groups excluding carboxylic acids is 1. The van der Waals surface area contributed by atoms with Crippen molar-refractivity contribution in [3.05, 3.63) is 34.9 Å². The molecule has 16 heavy (non-hydrogen) atoms. The number of carbonyl (C=O) groups is 1. The molecule has 1 atom stereocenters. The predicted octanol–water partition coefficient (Wildman–Crippen LogP) is 2.91. The Kier molecular flexibility index (Phi) is 6.31. The highest BCUT2D eigenvalue weighted by molar-refractivity contribution is 6.01. The predicted molar refractivity (Wildman–Crippen MR) is 70.6 cm³/mol. The average molecular weight is 242 g/mol. The van der Waals surface area contributed by atoms with Gasteiger partial charge in [-0.3, -0.25) is 4.79 Å². The van der Waals surface area contributed by atoms with Crippen LogP contribution in [0.1, 0.15) is 35.3 Å². The lowest BCUT2D eigenvalue weighted by molar-refractivity contribution is 0.0951. The first-order valence-electron chi connectivity index (χ1n) is 5.41. The third-order valence-electron chi connectivity index (χ3n) is 2.77. The molecule has 0 aromatic heterocycles. The molecule has 0 saturated carbocycles. The van der Waals surface area contributed by atoms with Crippen LogP contribution in [-0.2, 0) is 0 Å². The van der Waals surface area contributed by atoms with Gasteiger partial charge in [0.25, 0.3) is 0 Å². The van der Waals surface area contributed by atoms with E-state index in [-0.39, 0.29) is 24.2 Å². The molecule has 3 heteroatoms. The fourth-order valence-electron chi connectivity index (χ4n) is 1.65. The summed E-state index contributed by atoms with van der Waals surface area (Å²) in [5.74, 6) is 0.179. The topological polar surface area (TPSA) is 29.1 Å². The van der Waals surface area contributed by atoms with Crippen LogP contribution in [0.4, 0.5) is 0 Å². The van der Waals surface area contributed by atoms with E-state index in [1.54, 1.807) is 0 Å². The Morgan fingerprint density at radius 1 is 1.38 bits per heavy atom. The van der Waals surface area contributed by atoms with Crippen LogP contribution < -0.4 is 5.32 Å². The molecule has 1 rings (SSSR count). The van der Waals surface area contributed by atoms with E-state index in [9.17, 15) is 4.79 Å². The molecule has 0 aliphatic rings. The van der Waals surface area contributed by atoms with E-state index in [1.807, 2.05) is 45.9 Å². The summed E-state index contributed by atoms with van der Waals surface area (Å²) in [6.45, 7) is 8.77. The fourth-order valence-corrected chi connectivity index (χ4v) is 1.65. The van der Waals surface area contributed by atoms with E-state index in [1.165, 1.54) is 5.56 Å². The van der Waals surface area contributed by atoms with Gasteiger partial charge in [-0.2, -0.15) is 0 Å². The van der Waals surface area contributed by atoms with Crippen LogP contribution in [0, 0.1) is 13.8 Å². The third kappa shape index (κ3) is 3.32. The van der Waals surface area contributed by atoms with Gasteiger partial charge in [-0.1, -0.05) is 25.1 Å². The average Bonchev–Trinajstić information content (AvgIpc) is 2.21. The van der Waals surface area contributed by atoms with Crippen molar-refractivity contribution in [1.82, 2.24) is 5.32 Å². The first-order valence-corrected chi connectivity index (χ1v) is 5.41. The zero-order valence-electron chi connectivity index (χ0n) is 10.3. The van der Waals surface area contributed by atoms with Gasteiger partial charge in [-0.25, -0.2) is 0 Å². The van der Waals surface area contributed by atoms with Gasteiger partial charge in [0.1, 0.15) is 0 Å². The SMILES string of the molecule is CCNC(C)C(=O)c1cccc(C)c1C.Cl. The number of nitrogens with one attached hydrogen (secondary N) is 1. The van der Waals surface area contributed by atoms with Crippen LogP contribution >= 0.6 is 12.4 Å². The second-order valence-electron chi connectivity index (χ2n) is 3.89. The standard InChI is InChI=1S/C13H19NO.ClH/c1-5-14-11(4)13(15)12-8-6-7-9(2)10(12)3;/h6-8,11,14H,5H2,1-4H3;1H. The fraction of sp³-hybridized carbons (Fsp3) is 0.462.